The van der Waals surface area contributed by atoms with E-state index in [9.17, 15) is 0 Å². The van der Waals surface area contributed by atoms with E-state index in [-0.39, 0.29) is 0 Å². The molecule has 2 N–H and O–H groups in total. The van der Waals surface area contributed by atoms with Gasteiger partial charge >= 0.3 is 0 Å². The van der Waals surface area contributed by atoms with Crippen LogP contribution in [-0.2, 0) is 0 Å². The van der Waals surface area contributed by atoms with Crippen molar-refractivity contribution in [3.63, 3.8) is 0 Å². The van der Waals surface area contributed by atoms with Gasteiger partial charge in [0, 0.05) is 0 Å². The normalized spacial score (nSPS) is 25.7. The van der Waals surface area contributed by atoms with E-state index in [2.05, 4.69) is 13.8 Å². The molecule has 16 heavy (non-hydrogen) atoms. The molecule has 1 saturated carbocycles. The second-order valence-corrected chi connectivity index (χ2v) is 5.84. The molecule has 0 radical (unpaired) electrons. The lowest BCUT2D eigenvalue weighted by Gasteiger charge is -2.16. The molecule has 0 aromatic carbocycles. The maximum absolute atomic E-state index is 5.62. The van der Waals surface area contributed by atoms with Crippen LogP contribution in [0.3, 0.4) is 0 Å². The highest BCUT2D eigenvalue weighted by Gasteiger charge is 2.32. The van der Waals surface area contributed by atoms with Gasteiger partial charge in [-0.25, -0.2) is 0 Å². The van der Waals surface area contributed by atoms with Gasteiger partial charge in [0.1, 0.15) is 0 Å². The second-order valence-electron chi connectivity index (χ2n) is 5.84. The quantitative estimate of drug-likeness (QED) is 0.549. The van der Waals surface area contributed by atoms with E-state index in [4.69, 9.17) is 5.73 Å². The number of rotatable bonds is 10. The van der Waals surface area contributed by atoms with Crippen LogP contribution in [0.4, 0.5) is 0 Å². The fourth-order valence-corrected chi connectivity index (χ4v) is 2.77. The molecule has 1 fully saturated rings. The van der Waals surface area contributed by atoms with Crippen LogP contribution in [0, 0.1) is 17.8 Å². The van der Waals surface area contributed by atoms with Crippen molar-refractivity contribution in [2.24, 2.45) is 23.5 Å². The minimum atomic E-state index is 0.879. The van der Waals surface area contributed by atoms with Crippen molar-refractivity contribution in [2.75, 3.05) is 6.54 Å². The van der Waals surface area contributed by atoms with Crippen LogP contribution in [0.15, 0.2) is 0 Å². The minimum absolute atomic E-state index is 0.879. The molecule has 3 atom stereocenters. The van der Waals surface area contributed by atoms with E-state index in [0.29, 0.717) is 0 Å². The van der Waals surface area contributed by atoms with Crippen LogP contribution in [0.25, 0.3) is 0 Å². The van der Waals surface area contributed by atoms with Crippen molar-refractivity contribution in [3.05, 3.63) is 0 Å². The van der Waals surface area contributed by atoms with Crippen molar-refractivity contribution in [1.82, 2.24) is 0 Å². The highest BCUT2D eigenvalue weighted by molar-refractivity contribution is 4.82. The Bertz CT molecular complexity index is 167. The molecule has 1 nitrogen and oxygen atoms in total. The van der Waals surface area contributed by atoms with Crippen LogP contribution in [0.1, 0.15) is 71.6 Å². The third-order valence-corrected chi connectivity index (χ3v) is 4.25. The summed E-state index contributed by atoms with van der Waals surface area (Å²) in [4.78, 5) is 0. The monoisotopic (exact) mass is 225 g/mol. The summed E-state index contributed by atoms with van der Waals surface area (Å²) in [6, 6.07) is 0. The summed E-state index contributed by atoms with van der Waals surface area (Å²) in [5.41, 5.74) is 5.62. The molecule has 0 aliphatic heterocycles. The van der Waals surface area contributed by atoms with E-state index < -0.39 is 0 Å². The Morgan fingerprint density at radius 1 is 1.12 bits per heavy atom. The Morgan fingerprint density at radius 3 is 2.38 bits per heavy atom. The van der Waals surface area contributed by atoms with Gasteiger partial charge in [0.05, 0.1) is 0 Å². The van der Waals surface area contributed by atoms with E-state index in [1.54, 1.807) is 0 Å². The summed E-state index contributed by atoms with van der Waals surface area (Å²) in [5, 5.41) is 0. The van der Waals surface area contributed by atoms with Crippen LogP contribution >= 0.6 is 0 Å². The predicted octanol–water partition coefficient (Wildman–Crippen LogP) is 4.36. The molecule has 0 spiro atoms. The van der Waals surface area contributed by atoms with Crippen molar-refractivity contribution >= 4 is 0 Å². The molecule has 1 heteroatoms. The number of unbranched alkanes of at least 4 members (excludes halogenated alkanes) is 2. The first kappa shape index (κ1) is 14.0. The summed E-state index contributed by atoms with van der Waals surface area (Å²) >= 11 is 0. The first-order chi connectivity index (χ1) is 7.77. The molecule has 3 unspecified atom stereocenters. The second kappa shape index (κ2) is 8.11. The molecule has 0 saturated heterocycles. The standard InChI is InChI=1S/C15H31N/c1-3-4-5-7-14(8-6-11-16)9-10-15-12-13(15)2/h13-15H,3-12,16H2,1-2H3. The van der Waals surface area contributed by atoms with E-state index in [0.717, 1.165) is 24.3 Å². The first-order valence-corrected chi connectivity index (χ1v) is 7.48. The largest absolute Gasteiger partial charge is 0.330 e. The molecular weight excluding hydrogens is 194 g/mol. The highest BCUT2D eigenvalue weighted by atomic mass is 14.5. The Morgan fingerprint density at radius 2 is 1.81 bits per heavy atom. The minimum Gasteiger partial charge on any atom is -0.330 e. The molecule has 0 bridgehead atoms. The van der Waals surface area contributed by atoms with E-state index in [1.807, 2.05) is 0 Å². The van der Waals surface area contributed by atoms with Crippen molar-refractivity contribution in [1.29, 1.82) is 0 Å². The highest BCUT2D eigenvalue weighted by Crippen LogP contribution is 2.42. The molecule has 1 aliphatic carbocycles. The zero-order valence-electron chi connectivity index (χ0n) is 11.4. The zero-order chi connectivity index (χ0) is 11.8. The molecular formula is C15H31N. The van der Waals surface area contributed by atoms with E-state index >= 15 is 0 Å². The third-order valence-electron chi connectivity index (χ3n) is 4.25. The van der Waals surface area contributed by atoms with Gasteiger partial charge in [0.25, 0.3) is 0 Å². The van der Waals surface area contributed by atoms with Gasteiger partial charge in [-0.2, -0.15) is 0 Å². The van der Waals surface area contributed by atoms with Gasteiger partial charge in [-0.1, -0.05) is 46.0 Å². The lowest BCUT2D eigenvalue weighted by atomic mass is 9.90. The smallest absolute Gasteiger partial charge is 0.00772 e. The molecule has 0 aromatic rings. The van der Waals surface area contributed by atoms with E-state index in [1.165, 1.54) is 57.8 Å². The average molecular weight is 225 g/mol. The van der Waals surface area contributed by atoms with Gasteiger partial charge in [0.2, 0.25) is 0 Å². The Balaban J connectivity index is 2.09. The van der Waals surface area contributed by atoms with Crippen molar-refractivity contribution in [2.45, 2.75) is 71.6 Å². The maximum Gasteiger partial charge on any atom is -0.00772 e. The molecule has 1 rings (SSSR count). The summed E-state index contributed by atoms with van der Waals surface area (Å²) in [7, 11) is 0. The third kappa shape index (κ3) is 5.89. The fourth-order valence-electron chi connectivity index (χ4n) is 2.77. The van der Waals surface area contributed by atoms with Crippen LogP contribution in [-0.4, -0.2) is 6.54 Å². The Labute approximate surface area is 102 Å². The summed E-state index contributed by atoms with van der Waals surface area (Å²) in [6.07, 6.45) is 12.7. The van der Waals surface area contributed by atoms with Crippen LogP contribution < -0.4 is 5.73 Å². The lowest BCUT2D eigenvalue weighted by molar-refractivity contribution is 0.373. The molecule has 96 valence electrons. The topological polar surface area (TPSA) is 26.0 Å². The molecule has 1 aliphatic rings. The summed E-state index contributed by atoms with van der Waals surface area (Å²) in [5.74, 6) is 3.08. The summed E-state index contributed by atoms with van der Waals surface area (Å²) in [6.45, 7) is 5.57. The lowest BCUT2D eigenvalue weighted by Crippen LogP contribution is -2.06. The number of hydrogen-bond donors (Lipinski definition) is 1. The predicted molar refractivity (Wildman–Crippen MR) is 72.4 cm³/mol. The Hall–Kier alpha value is -0.0400. The van der Waals surface area contributed by atoms with Crippen molar-refractivity contribution < 1.29 is 0 Å². The zero-order valence-corrected chi connectivity index (χ0v) is 11.4. The first-order valence-electron chi connectivity index (χ1n) is 7.48. The average Bonchev–Trinajstić information content (AvgIpc) is 2.98. The molecule has 0 amide bonds. The fraction of sp³-hybridized carbons (Fsp3) is 1.00. The maximum atomic E-state index is 5.62. The SMILES string of the molecule is CCCCCC(CCCN)CCC1CC1C. The van der Waals surface area contributed by atoms with Gasteiger partial charge in [-0.3, -0.25) is 0 Å². The van der Waals surface area contributed by atoms with Crippen molar-refractivity contribution in [3.8, 4) is 0 Å². The van der Waals surface area contributed by atoms with Gasteiger partial charge in [-0.15, -0.1) is 0 Å². The van der Waals surface area contributed by atoms with Gasteiger partial charge in [-0.05, 0) is 50.0 Å². The molecule has 0 heterocycles. The van der Waals surface area contributed by atoms with Gasteiger partial charge in [0.15, 0.2) is 0 Å². The Kier molecular flexibility index (Phi) is 7.11. The van der Waals surface area contributed by atoms with Crippen LogP contribution in [0.2, 0.25) is 0 Å². The number of nitrogens with two attached hydrogens (primary N) is 1. The van der Waals surface area contributed by atoms with Gasteiger partial charge < -0.3 is 5.73 Å². The van der Waals surface area contributed by atoms with Crippen LogP contribution in [0.5, 0.6) is 0 Å². The molecule has 0 aromatic heterocycles. The summed E-state index contributed by atoms with van der Waals surface area (Å²) < 4.78 is 0. The number of hydrogen-bond acceptors (Lipinski definition) is 1.